The lowest BCUT2D eigenvalue weighted by atomic mass is 10.0. The molecule has 2 aromatic rings. The lowest BCUT2D eigenvalue weighted by Crippen LogP contribution is -2.58. The number of urea groups is 1. The number of aliphatic imine (C=N–C) groups is 1. The number of halogens is 1. The Bertz CT molecular complexity index is 1230. The van der Waals surface area contributed by atoms with Gasteiger partial charge in [-0.2, -0.15) is 14.3 Å². The average Bonchev–Trinajstić information content (AvgIpc) is 2.90. The van der Waals surface area contributed by atoms with Crippen LogP contribution in [0.2, 0.25) is 0 Å². The van der Waals surface area contributed by atoms with Crippen molar-refractivity contribution in [2.24, 2.45) is 4.99 Å². The Morgan fingerprint density at radius 1 is 1.00 bits per heavy atom. The molecular weight excluding hydrogens is 449 g/mol. The highest BCUT2D eigenvalue weighted by molar-refractivity contribution is 6.20. The van der Waals surface area contributed by atoms with Gasteiger partial charge in [-0.25, -0.2) is 9.18 Å². The van der Waals surface area contributed by atoms with Crippen molar-refractivity contribution in [3.63, 3.8) is 0 Å². The van der Waals surface area contributed by atoms with Gasteiger partial charge in [-0.15, -0.1) is 0 Å². The summed E-state index contributed by atoms with van der Waals surface area (Å²) in [5.41, 5.74) is 2.12. The first kappa shape index (κ1) is 22.6. The first-order valence-corrected chi connectivity index (χ1v) is 11.5. The van der Waals surface area contributed by atoms with Crippen molar-refractivity contribution < 1.29 is 23.3 Å². The van der Waals surface area contributed by atoms with E-state index in [1.54, 1.807) is 17.1 Å². The third-order valence-electron chi connectivity index (χ3n) is 6.44. The van der Waals surface area contributed by atoms with Gasteiger partial charge in [0.15, 0.2) is 6.54 Å². The normalized spacial score (nSPS) is 19.9. The number of piperazine rings is 1. The number of benzene rings is 2. The van der Waals surface area contributed by atoms with E-state index in [0.717, 1.165) is 10.6 Å². The Hall–Kier alpha value is -4.14. The molecule has 1 atom stereocenters. The van der Waals surface area contributed by atoms with Crippen molar-refractivity contribution in [2.45, 2.75) is 12.6 Å². The zero-order chi connectivity index (χ0) is 24.4. The van der Waals surface area contributed by atoms with E-state index in [4.69, 9.17) is 0 Å². The van der Waals surface area contributed by atoms with Crippen molar-refractivity contribution in [1.82, 2.24) is 9.80 Å². The Morgan fingerprint density at radius 2 is 1.71 bits per heavy atom. The third-order valence-corrected chi connectivity index (χ3v) is 6.44. The number of hydrogen-bond donors (Lipinski definition) is 0. The summed E-state index contributed by atoms with van der Waals surface area (Å²) < 4.78 is 14.7. The first-order valence-electron chi connectivity index (χ1n) is 11.5. The minimum absolute atomic E-state index is 0.0264. The Morgan fingerprint density at radius 3 is 2.43 bits per heavy atom. The largest absolute Gasteiger partial charge is 0.501 e. The second-order valence-corrected chi connectivity index (χ2v) is 8.61. The van der Waals surface area contributed by atoms with Crippen LogP contribution in [-0.2, 0) is 16.1 Å². The molecule has 1 unspecified atom stereocenters. The van der Waals surface area contributed by atoms with Gasteiger partial charge in [0, 0.05) is 38.1 Å². The van der Waals surface area contributed by atoms with Crippen molar-refractivity contribution >= 4 is 35.5 Å². The Balaban J connectivity index is 1.32. The van der Waals surface area contributed by atoms with Crippen LogP contribution in [0, 0.1) is 5.82 Å². The molecule has 1 fully saturated rings. The molecule has 9 heteroatoms. The van der Waals surface area contributed by atoms with E-state index in [2.05, 4.69) is 9.89 Å². The number of para-hydroxylation sites is 1. The van der Waals surface area contributed by atoms with Gasteiger partial charge in [0.2, 0.25) is 6.04 Å². The zero-order valence-electron chi connectivity index (χ0n) is 19.1. The van der Waals surface area contributed by atoms with E-state index < -0.39 is 23.8 Å². The van der Waals surface area contributed by atoms with Gasteiger partial charge in [-0.05, 0) is 42.0 Å². The highest BCUT2D eigenvalue weighted by Crippen LogP contribution is 2.19. The summed E-state index contributed by atoms with van der Waals surface area (Å²) >= 11 is 0. The van der Waals surface area contributed by atoms with Crippen molar-refractivity contribution in [1.29, 1.82) is 0 Å². The number of imide groups is 1. The van der Waals surface area contributed by atoms with E-state index in [1.165, 1.54) is 35.1 Å². The summed E-state index contributed by atoms with van der Waals surface area (Å²) in [5, 5.41) is 0. The van der Waals surface area contributed by atoms with Gasteiger partial charge in [0.25, 0.3) is 5.91 Å². The second kappa shape index (κ2) is 9.61. The molecule has 178 valence electrons. The van der Waals surface area contributed by atoms with E-state index in [0.29, 0.717) is 37.5 Å². The molecule has 1 saturated heterocycles. The predicted octanol–water partition coefficient (Wildman–Crippen LogP) is 2.10. The third kappa shape index (κ3) is 4.62. The van der Waals surface area contributed by atoms with Gasteiger partial charge >= 0.3 is 11.9 Å². The number of hydrogen-bond acceptors (Lipinski definition) is 5. The molecule has 4 amide bonds. The zero-order valence-corrected chi connectivity index (χ0v) is 19.1. The second-order valence-electron chi connectivity index (χ2n) is 8.61. The summed E-state index contributed by atoms with van der Waals surface area (Å²) in [4.78, 5) is 49.0. The van der Waals surface area contributed by atoms with Crippen LogP contribution < -0.4 is 4.90 Å². The number of dihydropyridines is 1. The number of amides is 4. The minimum atomic E-state index is -0.888. The molecule has 0 aromatic heterocycles. The average molecular weight is 475 g/mol. The van der Waals surface area contributed by atoms with Crippen LogP contribution in [0.15, 0.2) is 71.7 Å². The molecule has 0 spiro atoms. The number of carbonyl (C=O) groups excluding carboxylic acids is 3. The molecule has 0 saturated carbocycles. The molecule has 3 heterocycles. The summed E-state index contributed by atoms with van der Waals surface area (Å²) in [6.07, 6.45) is 4.82. The maximum Gasteiger partial charge on any atom is 0.501 e. The van der Waals surface area contributed by atoms with Crippen LogP contribution in [0.3, 0.4) is 0 Å². The van der Waals surface area contributed by atoms with Gasteiger partial charge < -0.3 is 9.80 Å². The number of allylic oxidation sites excluding steroid dienone is 1. The summed E-state index contributed by atoms with van der Waals surface area (Å²) in [5.74, 6) is -1.05. The van der Waals surface area contributed by atoms with Gasteiger partial charge in [-0.1, -0.05) is 30.3 Å². The Labute approximate surface area is 202 Å². The maximum atomic E-state index is 13.4. The van der Waals surface area contributed by atoms with Crippen LogP contribution in [0.4, 0.5) is 14.9 Å². The molecule has 5 rings (SSSR count). The summed E-state index contributed by atoms with van der Waals surface area (Å²) in [6, 6.07) is 14.2. The molecule has 8 nitrogen and oxygen atoms in total. The van der Waals surface area contributed by atoms with E-state index in [-0.39, 0.29) is 19.0 Å². The molecule has 0 radical (unpaired) electrons. The SMILES string of the molecule is O=C(C[N+]1=C2C=CC=NC2C(=O)N(Cc2ccc(F)cc2)C1=O)N1CCN(c2ccccc2)CC1. The topological polar surface area (TPSA) is 76.3 Å². The van der Waals surface area contributed by atoms with Gasteiger partial charge in [-0.3, -0.25) is 9.79 Å². The Kier molecular flexibility index (Phi) is 6.22. The first-order chi connectivity index (χ1) is 17.0. The van der Waals surface area contributed by atoms with E-state index >= 15 is 0 Å². The van der Waals surface area contributed by atoms with Crippen molar-refractivity contribution in [3.8, 4) is 0 Å². The standard InChI is InChI=1S/C26H25FN5O3/c27-20-10-8-19(9-11-20)17-32-25(34)24-22(7-4-12-28-24)31(26(32)35)18-23(33)30-15-13-29(14-16-30)21-5-2-1-3-6-21/h1-12,24H,13-18H2/q+1. The van der Waals surface area contributed by atoms with Crippen LogP contribution in [0.1, 0.15) is 5.56 Å². The number of rotatable bonds is 5. The smallest absolute Gasteiger partial charge is 0.368 e. The molecule has 0 N–H and O–H groups in total. The highest BCUT2D eigenvalue weighted by atomic mass is 19.1. The molecule has 35 heavy (non-hydrogen) atoms. The lowest BCUT2D eigenvalue weighted by Gasteiger charge is -2.36. The van der Waals surface area contributed by atoms with E-state index in [9.17, 15) is 18.8 Å². The predicted molar refractivity (Wildman–Crippen MR) is 129 cm³/mol. The van der Waals surface area contributed by atoms with Crippen LogP contribution in [-0.4, -0.2) is 82.9 Å². The number of nitrogens with zero attached hydrogens (tertiary/aromatic N) is 5. The van der Waals surface area contributed by atoms with Crippen LogP contribution in [0.25, 0.3) is 0 Å². The summed E-state index contributed by atoms with van der Waals surface area (Å²) in [7, 11) is 0. The fourth-order valence-electron chi connectivity index (χ4n) is 4.54. The molecule has 3 aliphatic heterocycles. The minimum Gasteiger partial charge on any atom is -0.368 e. The number of carbonyl (C=O) groups is 3. The van der Waals surface area contributed by atoms with Gasteiger partial charge in [0.05, 0.1) is 0 Å². The van der Waals surface area contributed by atoms with Crippen molar-refractivity contribution in [2.75, 3.05) is 37.6 Å². The quantitative estimate of drug-likeness (QED) is 0.622. The van der Waals surface area contributed by atoms with Crippen molar-refractivity contribution in [3.05, 3.63) is 78.1 Å². The summed E-state index contributed by atoms with van der Waals surface area (Å²) in [6.45, 7) is 2.27. The monoisotopic (exact) mass is 474 g/mol. The van der Waals surface area contributed by atoms with Crippen LogP contribution >= 0.6 is 0 Å². The molecule has 0 bridgehead atoms. The number of fused-ring (bicyclic) bond motifs is 1. The molecule has 3 aliphatic rings. The fraction of sp³-hybridized carbons (Fsp3) is 0.269. The van der Waals surface area contributed by atoms with E-state index in [1.807, 2.05) is 30.3 Å². The lowest BCUT2D eigenvalue weighted by molar-refractivity contribution is -0.429. The highest BCUT2D eigenvalue weighted by Gasteiger charge is 2.48. The van der Waals surface area contributed by atoms with Gasteiger partial charge in [0.1, 0.15) is 18.1 Å². The fourth-order valence-corrected chi connectivity index (χ4v) is 4.54. The maximum absolute atomic E-state index is 13.4. The molecule has 2 aromatic carbocycles. The number of anilines is 1. The van der Waals surface area contributed by atoms with Crippen LogP contribution in [0.5, 0.6) is 0 Å². The molecule has 0 aliphatic carbocycles. The molecular formula is C26H25FN5O3+.